The van der Waals surface area contributed by atoms with Crippen LogP contribution in [-0.2, 0) is 0 Å². The molecule has 0 N–H and O–H groups in total. The standard InChI is InChI=1S/C17H23N3O/c1-19(2)11-13-8-10-20(12-13)15-7-9-18-17-14(15)5-4-6-16(17)21-3/h4-7,9,13H,8,10-12H2,1-3H3. The first-order valence-electron chi connectivity index (χ1n) is 7.50. The highest BCUT2D eigenvalue weighted by molar-refractivity contribution is 5.95. The van der Waals surface area contributed by atoms with E-state index < -0.39 is 0 Å². The van der Waals surface area contributed by atoms with E-state index in [1.54, 1.807) is 7.11 Å². The summed E-state index contributed by atoms with van der Waals surface area (Å²) in [5.41, 5.74) is 2.23. The molecule has 0 aliphatic carbocycles. The minimum Gasteiger partial charge on any atom is -0.494 e. The summed E-state index contributed by atoms with van der Waals surface area (Å²) in [7, 11) is 6.00. The molecule has 1 aliphatic rings. The van der Waals surface area contributed by atoms with E-state index >= 15 is 0 Å². The average Bonchev–Trinajstić information content (AvgIpc) is 2.93. The Morgan fingerprint density at radius 2 is 2.19 bits per heavy atom. The molecule has 2 heterocycles. The van der Waals surface area contributed by atoms with Gasteiger partial charge in [-0.2, -0.15) is 0 Å². The van der Waals surface area contributed by atoms with Crippen molar-refractivity contribution in [2.24, 2.45) is 5.92 Å². The molecule has 1 aromatic carbocycles. The van der Waals surface area contributed by atoms with E-state index in [4.69, 9.17) is 4.74 Å². The van der Waals surface area contributed by atoms with Gasteiger partial charge in [0.1, 0.15) is 11.3 Å². The van der Waals surface area contributed by atoms with Gasteiger partial charge in [-0.15, -0.1) is 0 Å². The second-order valence-electron chi connectivity index (χ2n) is 6.05. The molecular formula is C17H23N3O. The number of rotatable bonds is 4. The number of hydrogen-bond acceptors (Lipinski definition) is 4. The SMILES string of the molecule is COc1cccc2c(N3CCC(CN(C)C)C3)ccnc12. The largest absolute Gasteiger partial charge is 0.494 e. The van der Waals surface area contributed by atoms with Crippen molar-refractivity contribution in [1.82, 2.24) is 9.88 Å². The Balaban J connectivity index is 1.91. The van der Waals surface area contributed by atoms with Crippen LogP contribution in [0.25, 0.3) is 10.9 Å². The lowest BCUT2D eigenvalue weighted by Gasteiger charge is -2.22. The van der Waals surface area contributed by atoms with E-state index in [-0.39, 0.29) is 0 Å². The van der Waals surface area contributed by atoms with Gasteiger partial charge in [-0.3, -0.25) is 4.98 Å². The second-order valence-corrected chi connectivity index (χ2v) is 6.05. The number of aromatic nitrogens is 1. The molecular weight excluding hydrogens is 262 g/mol. The monoisotopic (exact) mass is 285 g/mol. The highest BCUT2D eigenvalue weighted by Gasteiger charge is 2.24. The maximum Gasteiger partial charge on any atom is 0.145 e. The zero-order chi connectivity index (χ0) is 14.8. The van der Waals surface area contributed by atoms with Crippen molar-refractivity contribution in [3.05, 3.63) is 30.5 Å². The molecule has 21 heavy (non-hydrogen) atoms. The zero-order valence-corrected chi connectivity index (χ0v) is 13.0. The number of hydrogen-bond donors (Lipinski definition) is 0. The van der Waals surface area contributed by atoms with Crippen LogP contribution in [0.15, 0.2) is 30.5 Å². The quantitative estimate of drug-likeness (QED) is 0.863. The van der Waals surface area contributed by atoms with Crippen LogP contribution in [0.3, 0.4) is 0 Å². The van der Waals surface area contributed by atoms with E-state index in [1.807, 2.05) is 18.3 Å². The molecule has 1 aromatic heterocycles. The second kappa shape index (κ2) is 5.90. The maximum atomic E-state index is 5.43. The zero-order valence-electron chi connectivity index (χ0n) is 13.0. The van der Waals surface area contributed by atoms with Gasteiger partial charge in [-0.1, -0.05) is 12.1 Å². The molecule has 0 bridgehead atoms. The summed E-state index contributed by atoms with van der Waals surface area (Å²) >= 11 is 0. The topological polar surface area (TPSA) is 28.6 Å². The van der Waals surface area contributed by atoms with Crippen molar-refractivity contribution in [2.45, 2.75) is 6.42 Å². The summed E-state index contributed by atoms with van der Waals surface area (Å²) < 4.78 is 5.43. The summed E-state index contributed by atoms with van der Waals surface area (Å²) in [6.45, 7) is 3.40. The van der Waals surface area contributed by atoms with Crippen LogP contribution in [0, 0.1) is 5.92 Å². The minimum atomic E-state index is 0.744. The molecule has 0 radical (unpaired) electrons. The van der Waals surface area contributed by atoms with Crippen LogP contribution in [0.2, 0.25) is 0 Å². The first kappa shape index (κ1) is 14.1. The number of methoxy groups -OCH3 is 1. The molecule has 1 atom stereocenters. The van der Waals surface area contributed by atoms with Gasteiger partial charge in [0, 0.05) is 36.9 Å². The van der Waals surface area contributed by atoms with Crippen LogP contribution >= 0.6 is 0 Å². The van der Waals surface area contributed by atoms with Gasteiger partial charge in [0.25, 0.3) is 0 Å². The van der Waals surface area contributed by atoms with Crippen LogP contribution in [-0.4, -0.2) is 50.7 Å². The molecule has 1 saturated heterocycles. The lowest BCUT2D eigenvalue weighted by molar-refractivity contribution is 0.340. The molecule has 0 amide bonds. The number of fused-ring (bicyclic) bond motifs is 1. The van der Waals surface area contributed by atoms with Gasteiger partial charge in [0.2, 0.25) is 0 Å². The van der Waals surface area contributed by atoms with Crippen molar-refractivity contribution < 1.29 is 4.74 Å². The third-order valence-corrected chi connectivity index (χ3v) is 4.18. The number of benzene rings is 1. The Kier molecular flexibility index (Phi) is 3.97. The number of nitrogens with zero attached hydrogens (tertiary/aromatic N) is 3. The summed E-state index contributed by atoms with van der Waals surface area (Å²) in [5.74, 6) is 1.59. The fourth-order valence-electron chi connectivity index (χ4n) is 3.29. The third-order valence-electron chi connectivity index (χ3n) is 4.18. The average molecular weight is 285 g/mol. The predicted molar refractivity (Wildman–Crippen MR) is 87.2 cm³/mol. The van der Waals surface area contributed by atoms with Crippen LogP contribution in [0.4, 0.5) is 5.69 Å². The number of anilines is 1. The molecule has 4 nitrogen and oxygen atoms in total. The Morgan fingerprint density at radius 1 is 1.33 bits per heavy atom. The van der Waals surface area contributed by atoms with Crippen LogP contribution < -0.4 is 9.64 Å². The van der Waals surface area contributed by atoms with Gasteiger partial charge in [-0.05, 0) is 38.6 Å². The fraction of sp³-hybridized carbons (Fsp3) is 0.471. The minimum absolute atomic E-state index is 0.744. The predicted octanol–water partition coefficient (Wildman–Crippen LogP) is 2.63. The van der Waals surface area contributed by atoms with Crippen molar-refractivity contribution in [1.29, 1.82) is 0 Å². The van der Waals surface area contributed by atoms with Gasteiger partial charge < -0.3 is 14.5 Å². The Labute approximate surface area is 126 Å². The van der Waals surface area contributed by atoms with Crippen LogP contribution in [0.1, 0.15) is 6.42 Å². The van der Waals surface area contributed by atoms with Gasteiger partial charge in [0.15, 0.2) is 0 Å². The molecule has 0 spiro atoms. The normalized spacial score (nSPS) is 18.7. The molecule has 3 rings (SSSR count). The summed E-state index contributed by atoms with van der Waals surface area (Å²) in [5, 5.41) is 1.18. The van der Waals surface area contributed by atoms with Crippen molar-refractivity contribution in [2.75, 3.05) is 45.7 Å². The molecule has 1 fully saturated rings. The van der Waals surface area contributed by atoms with Crippen molar-refractivity contribution >= 4 is 16.6 Å². The van der Waals surface area contributed by atoms with Gasteiger partial charge in [0.05, 0.1) is 7.11 Å². The Hall–Kier alpha value is -1.81. The first-order chi connectivity index (χ1) is 10.2. The van der Waals surface area contributed by atoms with Crippen LogP contribution in [0.5, 0.6) is 5.75 Å². The van der Waals surface area contributed by atoms with Gasteiger partial charge >= 0.3 is 0 Å². The maximum absolute atomic E-state index is 5.43. The molecule has 1 unspecified atom stereocenters. The van der Waals surface area contributed by atoms with E-state index in [1.165, 1.54) is 17.5 Å². The smallest absolute Gasteiger partial charge is 0.145 e. The van der Waals surface area contributed by atoms with Crippen molar-refractivity contribution in [3.8, 4) is 5.75 Å². The highest BCUT2D eigenvalue weighted by Crippen LogP contribution is 2.33. The van der Waals surface area contributed by atoms with Gasteiger partial charge in [-0.25, -0.2) is 0 Å². The number of para-hydroxylation sites is 1. The van der Waals surface area contributed by atoms with Crippen molar-refractivity contribution in [3.63, 3.8) is 0 Å². The van der Waals surface area contributed by atoms with E-state index in [0.29, 0.717) is 0 Å². The lowest BCUT2D eigenvalue weighted by Crippen LogP contribution is -2.25. The highest BCUT2D eigenvalue weighted by atomic mass is 16.5. The summed E-state index contributed by atoms with van der Waals surface area (Å²) in [6.07, 6.45) is 3.14. The number of pyridine rings is 1. The molecule has 2 aromatic rings. The first-order valence-corrected chi connectivity index (χ1v) is 7.50. The Morgan fingerprint density at radius 3 is 2.95 bits per heavy atom. The molecule has 112 valence electrons. The van der Waals surface area contributed by atoms with E-state index in [9.17, 15) is 0 Å². The fourth-order valence-corrected chi connectivity index (χ4v) is 3.29. The number of ether oxygens (including phenoxy) is 1. The molecule has 1 aliphatic heterocycles. The van der Waals surface area contributed by atoms with E-state index in [0.717, 1.165) is 36.8 Å². The third kappa shape index (κ3) is 2.81. The Bertz CT molecular complexity index is 626. The molecule has 0 saturated carbocycles. The van der Waals surface area contributed by atoms with E-state index in [2.05, 4.69) is 41.0 Å². The lowest BCUT2D eigenvalue weighted by atomic mass is 10.1. The molecule has 4 heteroatoms. The summed E-state index contributed by atoms with van der Waals surface area (Å²) in [4.78, 5) is 9.25. The summed E-state index contributed by atoms with van der Waals surface area (Å²) in [6, 6.07) is 8.27.